The van der Waals surface area contributed by atoms with Crippen molar-refractivity contribution in [2.75, 3.05) is 0 Å². The average molecular weight is 378 g/mol. The van der Waals surface area contributed by atoms with Crippen molar-refractivity contribution in [3.63, 3.8) is 0 Å². The Labute approximate surface area is 158 Å². The number of thioether (sulfide) groups is 1. The standard InChI is InChI=1S/C20H24ClNO2S/c21-18-10-6-5-7-15(18)13-25-14-17-11-12-19(24-17)20(23)22-16-8-3-1-2-4-9-16/h5-7,10-12,16H,1-4,8-9,13-14H2,(H,22,23). The van der Waals surface area contributed by atoms with Gasteiger partial charge >= 0.3 is 0 Å². The summed E-state index contributed by atoms with van der Waals surface area (Å²) in [5.41, 5.74) is 1.12. The fourth-order valence-electron chi connectivity index (χ4n) is 3.13. The molecule has 0 radical (unpaired) electrons. The van der Waals surface area contributed by atoms with Crippen LogP contribution in [0.1, 0.15) is 60.4 Å². The van der Waals surface area contributed by atoms with Gasteiger partial charge in [-0.15, -0.1) is 11.8 Å². The second-order valence-corrected chi connectivity index (χ2v) is 7.90. The lowest BCUT2D eigenvalue weighted by molar-refractivity contribution is 0.0904. The third kappa shape index (κ3) is 5.55. The predicted octanol–water partition coefficient (Wildman–Crippen LogP) is 5.82. The van der Waals surface area contributed by atoms with Crippen molar-refractivity contribution in [1.29, 1.82) is 0 Å². The summed E-state index contributed by atoms with van der Waals surface area (Å²) < 4.78 is 5.72. The van der Waals surface area contributed by atoms with E-state index in [1.807, 2.05) is 30.3 Å². The van der Waals surface area contributed by atoms with Crippen molar-refractivity contribution in [2.45, 2.75) is 56.1 Å². The summed E-state index contributed by atoms with van der Waals surface area (Å²) in [5.74, 6) is 2.70. The van der Waals surface area contributed by atoms with Crippen molar-refractivity contribution >= 4 is 29.3 Å². The Kier molecular flexibility index (Phi) is 6.88. The van der Waals surface area contributed by atoms with Crippen molar-refractivity contribution in [3.05, 3.63) is 58.5 Å². The molecule has 1 heterocycles. The molecule has 0 atom stereocenters. The molecule has 0 saturated heterocycles. The van der Waals surface area contributed by atoms with Gasteiger partial charge in [-0.25, -0.2) is 0 Å². The van der Waals surface area contributed by atoms with Gasteiger partial charge < -0.3 is 9.73 Å². The van der Waals surface area contributed by atoms with Gasteiger partial charge in [-0.05, 0) is 36.6 Å². The van der Waals surface area contributed by atoms with Crippen molar-refractivity contribution in [2.24, 2.45) is 0 Å². The first-order chi connectivity index (χ1) is 12.2. The second-order valence-electron chi connectivity index (χ2n) is 6.51. The summed E-state index contributed by atoms with van der Waals surface area (Å²) in [6, 6.07) is 11.8. The Hall–Kier alpha value is -1.39. The maximum absolute atomic E-state index is 12.3. The van der Waals surface area contributed by atoms with Gasteiger partial charge in [0.05, 0.1) is 5.75 Å². The molecule has 1 saturated carbocycles. The number of halogens is 1. The Balaban J connectivity index is 1.48. The van der Waals surface area contributed by atoms with Crippen LogP contribution < -0.4 is 5.32 Å². The largest absolute Gasteiger partial charge is 0.455 e. The lowest BCUT2D eigenvalue weighted by Crippen LogP contribution is -2.34. The fourth-order valence-corrected chi connectivity index (χ4v) is 4.35. The van der Waals surface area contributed by atoms with Crippen LogP contribution in [0.4, 0.5) is 0 Å². The average Bonchev–Trinajstić information content (AvgIpc) is 2.94. The first-order valence-electron chi connectivity index (χ1n) is 8.93. The van der Waals surface area contributed by atoms with Gasteiger partial charge in [-0.3, -0.25) is 4.79 Å². The summed E-state index contributed by atoms with van der Waals surface area (Å²) in [6.07, 6.45) is 7.11. The highest BCUT2D eigenvalue weighted by Gasteiger charge is 2.18. The number of hydrogen-bond donors (Lipinski definition) is 1. The zero-order valence-corrected chi connectivity index (χ0v) is 15.9. The minimum atomic E-state index is -0.0887. The van der Waals surface area contributed by atoms with E-state index >= 15 is 0 Å². The highest BCUT2D eigenvalue weighted by molar-refractivity contribution is 7.97. The van der Waals surface area contributed by atoms with Crippen LogP contribution in [0.5, 0.6) is 0 Å². The Morgan fingerprint density at radius 2 is 1.84 bits per heavy atom. The molecule has 1 aromatic carbocycles. The summed E-state index contributed by atoms with van der Waals surface area (Å²) in [6.45, 7) is 0. The zero-order chi connectivity index (χ0) is 17.5. The van der Waals surface area contributed by atoms with Crippen LogP contribution in [0.2, 0.25) is 5.02 Å². The van der Waals surface area contributed by atoms with Crippen LogP contribution in [0.15, 0.2) is 40.8 Å². The number of rotatable bonds is 6. The molecule has 1 fully saturated rings. The molecule has 1 aliphatic carbocycles. The lowest BCUT2D eigenvalue weighted by Gasteiger charge is -2.14. The number of hydrogen-bond acceptors (Lipinski definition) is 3. The fraction of sp³-hybridized carbons (Fsp3) is 0.450. The molecule has 1 aliphatic rings. The van der Waals surface area contributed by atoms with E-state index < -0.39 is 0 Å². The van der Waals surface area contributed by atoms with E-state index in [9.17, 15) is 4.79 Å². The van der Waals surface area contributed by atoms with Crippen molar-refractivity contribution in [3.8, 4) is 0 Å². The molecule has 0 unspecified atom stereocenters. The summed E-state index contributed by atoms with van der Waals surface area (Å²) in [5, 5.41) is 3.91. The first-order valence-corrected chi connectivity index (χ1v) is 10.5. The molecule has 0 bridgehead atoms. The number of furan rings is 1. The van der Waals surface area contributed by atoms with E-state index in [1.54, 1.807) is 17.8 Å². The van der Waals surface area contributed by atoms with Crippen molar-refractivity contribution < 1.29 is 9.21 Å². The maximum atomic E-state index is 12.3. The molecule has 134 valence electrons. The number of benzene rings is 1. The Morgan fingerprint density at radius 1 is 1.08 bits per heavy atom. The Bertz CT molecular complexity index is 693. The smallest absolute Gasteiger partial charge is 0.287 e. The van der Waals surface area contributed by atoms with E-state index in [0.717, 1.165) is 40.7 Å². The molecule has 2 aromatic rings. The Morgan fingerprint density at radius 3 is 2.60 bits per heavy atom. The van der Waals surface area contributed by atoms with Crippen LogP contribution in [0.3, 0.4) is 0 Å². The SMILES string of the molecule is O=C(NC1CCCCCC1)c1ccc(CSCc2ccccc2Cl)o1. The summed E-state index contributed by atoms with van der Waals surface area (Å²) in [7, 11) is 0. The van der Waals surface area contributed by atoms with E-state index in [1.165, 1.54) is 25.7 Å². The molecule has 25 heavy (non-hydrogen) atoms. The van der Waals surface area contributed by atoms with Crippen LogP contribution in [-0.4, -0.2) is 11.9 Å². The van der Waals surface area contributed by atoms with Gasteiger partial charge in [0.1, 0.15) is 5.76 Å². The topological polar surface area (TPSA) is 42.2 Å². The van der Waals surface area contributed by atoms with E-state index in [0.29, 0.717) is 5.76 Å². The van der Waals surface area contributed by atoms with Gasteiger partial charge in [0, 0.05) is 16.8 Å². The third-order valence-corrected chi connectivity index (χ3v) is 5.91. The summed E-state index contributed by atoms with van der Waals surface area (Å²) >= 11 is 7.89. The predicted molar refractivity (Wildman–Crippen MR) is 104 cm³/mol. The van der Waals surface area contributed by atoms with Crippen LogP contribution in [0, 0.1) is 0 Å². The van der Waals surface area contributed by atoms with Gasteiger partial charge in [0.25, 0.3) is 5.91 Å². The summed E-state index contributed by atoms with van der Waals surface area (Å²) in [4.78, 5) is 12.3. The normalized spacial score (nSPS) is 15.7. The van der Waals surface area contributed by atoms with E-state index in [-0.39, 0.29) is 11.9 Å². The molecule has 1 amide bonds. The van der Waals surface area contributed by atoms with Gasteiger partial charge in [-0.2, -0.15) is 0 Å². The molecular weight excluding hydrogens is 354 g/mol. The van der Waals surface area contributed by atoms with Gasteiger partial charge in [0.15, 0.2) is 5.76 Å². The molecule has 3 nitrogen and oxygen atoms in total. The van der Waals surface area contributed by atoms with E-state index in [4.69, 9.17) is 16.0 Å². The highest BCUT2D eigenvalue weighted by Crippen LogP contribution is 2.24. The maximum Gasteiger partial charge on any atom is 0.287 e. The quantitative estimate of drug-likeness (QED) is 0.645. The van der Waals surface area contributed by atoms with Crippen LogP contribution in [0.25, 0.3) is 0 Å². The molecule has 1 aromatic heterocycles. The zero-order valence-electron chi connectivity index (χ0n) is 14.3. The minimum absolute atomic E-state index is 0.0887. The van der Waals surface area contributed by atoms with Gasteiger partial charge in [0.2, 0.25) is 0 Å². The third-order valence-electron chi connectivity index (χ3n) is 4.54. The molecule has 1 N–H and O–H groups in total. The van der Waals surface area contributed by atoms with Crippen LogP contribution in [-0.2, 0) is 11.5 Å². The lowest BCUT2D eigenvalue weighted by atomic mass is 10.1. The van der Waals surface area contributed by atoms with Gasteiger partial charge in [-0.1, -0.05) is 55.5 Å². The molecule has 0 aliphatic heterocycles. The molecule has 0 spiro atoms. The van der Waals surface area contributed by atoms with E-state index in [2.05, 4.69) is 5.32 Å². The second kappa shape index (κ2) is 9.35. The van der Waals surface area contributed by atoms with Crippen molar-refractivity contribution in [1.82, 2.24) is 5.32 Å². The number of nitrogens with one attached hydrogen (secondary N) is 1. The number of carbonyl (C=O) groups excluding carboxylic acids is 1. The minimum Gasteiger partial charge on any atom is -0.455 e. The number of amides is 1. The molecule has 5 heteroatoms. The molecular formula is C20H24ClNO2S. The monoisotopic (exact) mass is 377 g/mol. The highest BCUT2D eigenvalue weighted by atomic mass is 35.5. The number of carbonyl (C=O) groups is 1. The first kappa shape index (κ1) is 18.4. The molecule has 3 rings (SSSR count). The van der Waals surface area contributed by atoms with Crippen LogP contribution >= 0.6 is 23.4 Å².